The Kier molecular flexibility index (Phi) is 6.21. The molecule has 1 aromatic rings. The molecule has 0 saturated carbocycles. The number of nitrogens with two attached hydrogens (primary N) is 1. The lowest BCUT2D eigenvalue weighted by Gasteiger charge is -2.26. The summed E-state index contributed by atoms with van der Waals surface area (Å²) in [6.07, 6.45) is 1.68. The van der Waals surface area contributed by atoms with Gasteiger partial charge in [0, 0.05) is 0 Å². The lowest BCUT2D eigenvalue weighted by Crippen LogP contribution is -2.52. The summed E-state index contributed by atoms with van der Waals surface area (Å²) in [6.45, 7) is 9.73. The van der Waals surface area contributed by atoms with Crippen LogP contribution >= 0.6 is 0 Å². The first-order valence-electron chi connectivity index (χ1n) is 7.62. The van der Waals surface area contributed by atoms with Crippen molar-refractivity contribution in [3.05, 3.63) is 29.8 Å². The molecule has 2 unspecified atom stereocenters. The van der Waals surface area contributed by atoms with Crippen LogP contribution < -0.4 is 15.8 Å². The van der Waals surface area contributed by atoms with Gasteiger partial charge in [0.05, 0.1) is 17.7 Å². The van der Waals surface area contributed by atoms with Crippen LogP contribution in [0.4, 0.5) is 0 Å². The van der Waals surface area contributed by atoms with Gasteiger partial charge in [-0.1, -0.05) is 25.5 Å². The molecule has 0 bridgehead atoms. The van der Waals surface area contributed by atoms with Crippen molar-refractivity contribution in [3.8, 4) is 5.75 Å². The van der Waals surface area contributed by atoms with E-state index in [1.165, 1.54) is 0 Å². The topological polar surface area (TPSA) is 64.4 Å². The molecule has 0 heterocycles. The molecule has 0 aliphatic heterocycles. The molecule has 2 atom stereocenters. The predicted molar refractivity (Wildman–Crippen MR) is 86.3 cm³/mol. The van der Waals surface area contributed by atoms with Crippen molar-refractivity contribution in [2.24, 2.45) is 5.73 Å². The van der Waals surface area contributed by atoms with Crippen molar-refractivity contribution in [1.29, 1.82) is 0 Å². The highest BCUT2D eigenvalue weighted by Gasteiger charge is 2.28. The standard InChI is InChI=1S/C17H28N2O2/c1-6-10-17(5,18)16(20)19-13(4)14-8-7-9-15(11-14)21-12(2)3/h7-9,11-13H,6,10,18H2,1-5H3,(H,19,20). The SMILES string of the molecule is CCCC(C)(N)C(=O)NC(C)c1cccc(OC(C)C)c1. The summed E-state index contributed by atoms with van der Waals surface area (Å²) in [5.41, 5.74) is 6.24. The minimum atomic E-state index is -0.824. The zero-order valence-corrected chi connectivity index (χ0v) is 13.8. The zero-order chi connectivity index (χ0) is 16.0. The Balaban J connectivity index is 2.75. The van der Waals surface area contributed by atoms with Gasteiger partial charge in [0.2, 0.25) is 5.91 Å². The Morgan fingerprint density at radius 2 is 2.05 bits per heavy atom. The van der Waals surface area contributed by atoms with E-state index in [0.29, 0.717) is 6.42 Å². The molecule has 21 heavy (non-hydrogen) atoms. The predicted octanol–water partition coefficient (Wildman–Crippen LogP) is 3.17. The third kappa shape index (κ3) is 5.38. The minimum Gasteiger partial charge on any atom is -0.491 e. The second-order valence-corrected chi connectivity index (χ2v) is 6.10. The maximum absolute atomic E-state index is 12.2. The van der Waals surface area contributed by atoms with Crippen LogP contribution in [0.15, 0.2) is 24.3 Å². The Bertz CT molecular complexity index is 470. The quantitative estimate of drug-likeness (QED) is 0.811. The second kappa shape index (κ2) is 7.46. The Morgan fingerprint density at radius 3 is 2.62 bits per heavy atom. The third-order valence-electron chi connectivity index (χ3n) is 3.37. The number of benzene rings is 1. The average molecular weight is 292 g/mol. The number of hydrogen-bond donors (Lipinski definition) is 2. The lowest BCUT2D eigenvalue weighted by atomic mass is 9.95. The highest BCUT2D eigenvalue weighted by atomic mass is 16.5. The van der Waals surface area contributed by atoms with E-state index in [2.05, 4.69) is 5.32 Å². The highest BCUT2D eigenvalue weighted by molar-refractivity contribution is 5.85. The normalized spacial score (nSPS) is 15.4. The zero-order valence-electron chi connectivity index (χ0n) is 13.8. The van der Waals surface area contributed by atoms with E-state index in [9.17, 15) is 4.79 Å². The van der Waals surface area contributed by atoms with Gasteiger partial charge in [0.1, 0.15) is 5.75 Å². The van der Waals surface area contributed by atoms with E-state index in [1.807, 2.05) is 52.0 Å². The smallest absolute Gasteiger partial charge is 0.240 e. The van der Waals surface area contributed by atoms with Crippen LogP contribution in [-0.4, -0.2) is 17.6 Å². The molecular weight excluding hydrogens is 264 g/mol. The second-order valence-electron chi connectivity index (χ2n) is 6.10. The van der Waals surface area contributed by atoms with Crippen molar-refractivity contribution in [2.75, 3.05) is 0 Å². The summed E-state index contributed by atoms with van der Waals surface area (Å²) < 4.78 is 5.68. The summed E-state index contributed by atoms with van der Waals surface area (Å²) in [6, 6.07) is 7.68. The van der Waals surface area contributed by atoms with Gasteiger partial charge in [-0.15, -0.1) is 0 Å². The Morgan fingerprint density at radius 1 is 1.38 bits per heavy atom. The van der Waals surface area contributed by atoms with Gasteiger partial charge in [-0.05, 0) is 51.8 Å². The fourth-order valence-electron chi connectivity index (χ4n) is 2.21. The van der Waals surface area contributed by atoms with Gasteiger partial charge in [-0.3, -0.25) is 4.79 Å². The first kappa shape index (κ1) is 17.5. The number of nitrogens with one attached hydrogen (secondary N) is 1. The number of hydrogen-bond acceptors (Lipinski definition) is 3. The number of rotatable bonds is 7. The molecule has 1 aromatic carbocycles. The first-order valence-corrected chi connectivity index (χ1v) is 7.62. The molecule has 0 aliphatic rings. The molecule has 0 fully saturated rings. The molecule has 0 radical (unpaired) electrons. The molecule has 0 saturated heterocycles. The maximum atomic E-state index is 12.2. The van der Waals surface area contributed by atoms with Crippen molar-refractivity contribution >= 4 is 5.91 Å². The molecule has 4 heteroatoms. The van der Waals surface area contributed by atoms with Crippen molar-refractivity contribution in [3.63, 3.8) is 0 Å². The van der Waals surface area contributed by atoms with Crippen molar-refractivity contribution in [1.82, 2.24) is 5.32 Å². The summed E-state index contributed by atoms with van der Waals surface area (Å²) in [5, 5.41) is 2.98. The highest BCUT2D eigenvalue weighted by Crippen LogP contribution is 2.21. The van der Waals surface area contributed by atoms with Gasteiger partial charge >= 0.3 is 0 Å². The fraction of sp³-hybridized carbons (Fsp3) is 0.588. The van der Waals surface area contributed by atoms with Crippen LogP contribution in [0.25, 0.3) is 0 Å². The van der Waals surface area contributed by atoms with Crippen molar-refractivity contribution in [2.45, 2.75) is 65.1 Å². The molecule has 1 rings (SSSR count). The van der Waals surface area contributed by atoms with Gasteiger partial charge in [-0.2, -0.15) is 0 Å². The molecular formula is C17H28N2O2. The molecule has 3 N–H and O–H groups in total. The van der Waals surface area contributed by atoms with Crippen LogP contribution in [0.1, 0.15) is 59.1 Å². The number of amides is 1. The van der Waals surface area contributed by atoms with Crippen LogP contribution in [0.3, 0.4) is 0 Å². The summed E-state index contributed by atoms with van der Waals surface area (Å²) in [5.74, 6) is 0.694. The molecule has 0 aromatic heterocycles. The molecule has 1 amide bonds. The van der Waals surface area contributed by atoms with Crippen LogP contribution in [-0.2, 0) is 4.79 Å². The Labute approximate surface area is 128 Å². The Hall–Kier alpha value is -1.55. The van der Waals surface area contributed by atoms with E-state index in [1.54, 1.807) is 6.92 Å². The lowest BCUT2D eigenvalue weighted by molar-refractivity contribution is -0.126. The minimum absolute atomic E-state index is 0.104. The van der Waals surface area contributed by atoms with Crippen LogP contribution in [0, 0.1) is 0 Å². The van der Waals surface area contributed by atoms with Gasteiger partial charge in [0.25, 0.3) is 0 Å². The fourth-order valence-corrected chi connectivity index (χ4v) is 2.21. The number of ether oxygens (including phenoxy) is 1. The van der Waals surface area contributed by atoms with E-state index in [-0.39, 0.29) is 18.1 Å². The van der Waals surface area contributed by atoms with Crippen LogP contribution in [0.2, 0.25) is 0 Å². The number of carbonyl (C=O) groups excluding carboxylic acids is 1. The third-order valence-corrected chi connectivity index (χ3v) is 3.37. The van der Waals surface area contributed by atoms with Gasteiger partial charge in [-0.25, -0.2) is 0 Å². The summed E-state index contributed by atoms with van der Waals surface area (Å²) >= 11 is 0. The van der Waals surface area contributed by atoms with Gasteiger partial charge < -0.3 is 15.8 Å². The molecule has 0 aliphatic carbocycles. The summed E-state index contributed by atoms with van der Waals surface area (Å²) in [7, 11) is 0. The molecule has 0 spiro atoms. The van der Waals surface area contributed by atoms with E-state index in [4.69, 9.17) is 10.5 Å². The maximum Gasteiger partial charge on any atom is 0.240 e. The number of carbonyl (C=O) groups is 1. The first-order chi connectivity index (χ1) is 9.76. The average Bonchev–Trinajstić information content (AvgIpc) is 2.38. The molecule has 4 nitrogen and oxygen atoms in total. The molecule has 118 valence electrons. The van der Waals surface area contributed by atoms with Crippen molar-refractivity contribution < 1.29 is 9.53 Å². The van der Waals surface area contributed by atoms with Crippen LogP contribution in [0.5, 0.6) is 5.75 Å². The van der Waals surface area contributed by atoms with E-state index in [0.717, 1.165) is 17.7 Å². The van der Waals surface area contributed by atoms with E-state index < -0.39 is 5.54 Å². The monoisotopic (exact) mass is 292 g/mol. The largest absolute Gasteiger partial charge is 0.491 e. The van der Waals surface area contributed by atoms with E-state index >= 15 is 0 Å². The van der Waals surface area contributed by atoms with Gasteiger partial charge in [0.15, 0.2) is 0 Å². The summed E-state index contributed by atoms with van der Waals surface area (Å²) in [4.78, 5) is 12.2.